The fourth-order valence-corrected chi connectivity index (χ4v) is 2.35. The molecular weight excluding hydrogens is 274 g/mol. The van der Waals surface area contributed by atoms with Gasteiger partial charge < -0.3 is 10.1 Å². The molecule has 0 spiro atoms. The van der Waals surface area contributed by atoms with Crippen LogP contribution < -0.4 is 10.1 Å². The van der Waals surface area contributed by atoms with Crippen LogP contribution in [-0.2, 0) is 0 Å². The third-order valence-corrected chi connectivity index (χ3v) is 3.86. The molecule has 1 N–H and O–H groups in total. The molecule has 2 atom stereocenters. The van der Waals surface area contributed by atoms with Gasteiger partial charge in [0.15, 0.2) is 0 Å². The van der Waals surface area contributed by atoms with Crippen molar-refractivity contribution in [3.05, 3.63) is 23.4 Å². The van der Waals surface area contributed by atoms with Crippen LogP contribution in [0.4, 0.5) is 5.95 Å². The van der Waals surface area contributed by atoms with Gasteiger partial charge in [-0.1, -0.05) is 37.6 Å². The average molecular weight is 296 g/mol. The minimum atomic E-state index is 0.464. The van der Waals surface area contributed by atoms with Crippen molar-refractivity contribution >= 4 is 17.5 Å². The summed E-state index contributed by atoms with van der Waals surface area (Å²) >= 11 is 6.09. The maximum atomic E-state index is 6.09. The van der Waals surface area contributed by atoms with Crippen molar-refractivity contribution in [2.24, 2.45) is 11.8 Å². The van der Waals surface area contributed by atoms with Gasteiger partial charge >= 0.3 is 0 Å². The molecule has 20 heavy (non-hydrogen) atoms. The fourth-order valence-electron chi connectivity index (χ4n) is 2.20. The van der Waals surface area contributed by atoms with Crippen molar-refractivity contribution < 1.29 is 4.74 Å². The molecule has 0 radical (unpaired) electrons. The van der Waals surface area contributed by atoms with Crippen LogP contribution in [0.25, 0.3) is 0 Å². The summed E-state index contributed by atoms with van der Waals surface area (Å²) in [5.74, 6) is 2.21. The third kappa shape index (κ3) is 4.10. The highest BCUT2D eigenvalue weighted by atomic mass is 35.5. The van der Waals surface area contributed by atoms with E-state index in [1.807, 2.05) is 0 Å². The Balaban J connectivity index is 1.95. The molecule has 1 aromatic rings. The highest BCUT2D eigenvalue weighted by Crippen LogP contribution is 2.27. The molecule has 0 aromatic carbocycles. The summed E-state index contributed by atoms with van der Waals surface area (Å²) in [5, 5.41) is 3.60. The summed E-state index contributed by atoms with van der Waals surface area (Å²) in [4.78, 5) is 8.47. The molecule has 0 aliphatic heterocycles. The van der Waals surface area contributed by atoms with Crippen molar-refractivity contribution in [1.29, 1.82) is 0 Å². The average Bonchev–Trinajstić information content (AvgIpc) is 2.46. The van der Waals surface area contributed by atoms with Gasteiger partial charge in [0.2, 0.25) is 11.8 Å². The van der Waals surface area contributed by atoms with E-state index in [0.29, 0.717) is 35.3 Å². The van der Waals surface area contributed by atoms with E-state index in [4.69, 9.17) is 16.3 Å². The largest absolute Gasteiger partial charge is 0.476 e. The lowest BCUT2D eigenvalue weighted by Gasteiger charge is -2.25. The molecule has 4 nitrogen and oxygen atoms in total. The molecule has 110 valence electrons. The second-order valence-corrected chi connectivity index (χ2v) is 5.67. The van der Waals surface area contributed by atoms with E-state index in [0.717, 1.165) is 25.8 Å². The Morgan fingerprint density at radius 1 is 1.40 bits per heavy atom. The van der Waals surface area contributed by atoms with Gasteiger partial charge in [-0.15, -0.1) is 0 Å². The lowest BCUT2D eigenvalue weighted by molar-refractivity contribution is 0.193. The Morgan fingerprint density at radius 3 is 2.95 bits per heavy atom. The summed E-state index contributed by atoms with van der Waals surface area (Å²) in [5.41, 5.74) is 0. The van der Waals surface area contributed by atoms with Crippen molar-refractivity contribution in [2.75, 3.05) is 18.5 Å². The Bertz CT molecular complexity index is 464. The van der Waals surface area contributed by atoms with E-state index in [9.17, 15) is 0 Å². The molecule has 2 unspecified atom stereocenters. The van der Waals surface area contributed by atoms with E-state index in [-0.39, 0.29) is 0 Å². The molecular formula is C15H22ClN3O. The second-order valence-electron chi connectivity index (χ2n) is 5.26. The minimum absolute atomic E-state index is 0.464. The van der Waals surface area contributed by atoms with E-state index < -0.39 is 0 Å². The van der Waals surface area contributed by atoms with Gasteiger partial charge in [0.1, 0.15) is 5.02 Å². The summed E-state index contributed by atoms with van der Waals surface area (Å²) in [7, 11) is 0. The number of nitrogens with zero attached hydrogens (tertiary/aromatic N) is 2. The molecule has 0 saturated carbocycles. The fraction of sp³-hybridized carbons (Fsp3) is 0.600. The molecule has 2 rings (SSSR count). The lowest BCUT2D eigenvalue weighted by Crippen LogP contribution is -2.21. The molecule has 0 saturated heterocycles. The van der Waals surface area contributed by atoms with Gasteiger partial charge in [0.05, 0.1) is 12.8 Å². The smallest absolute Gasteiger partial charge is 0.237 e. The van der Waals surface area contributed by atoms with Gasteiger partial charge in [-0.05, 0) is 31.1 Å². The Hall–Kier alpha value is -1.29. The van der Waals surface area contributed by atoms with Crippen molar-refractivity contribution in [1.82, 2.24) is 9.97 Å². The molecule has 0 bridgehead atoms. The van der Waals surface area contributed by atoms with E-state index >= 15 is 0 Å². The van der Waals surface area contributed by atoms with Gasteiger partial charge in [0.25, 0.3) is 0 Å². The predicted octanol–water partition coefficient (Wildman–Crippen LogP) is 3.93. The molecule has 1 aliphatic carbocycles. The topological polar surface area (TPSA) is 47.0 Å². The third-order valence-electron chi connectivity index (χ3n) is 3.60. The first-order chi connectivity index (χ1) is 9.70. The first-order valence-electron chi connectivity index (χ1n) is 7.25. The SMILES string of the molecule is CCCNc1ncc(Cl)c(OCC2CC=CCC2C)n1. The van der Waals surface area contributed by atoms with Crippen molar-refractivity contribution in [3.63, 3.8) is 0 Å². The predicted molar refractivity (Wildman–Crippen MR) is 82.3 cm³/mol. The molecule has 0 fully saturated rings. The molecule has 1 aliphatic rings. The summed E-state index contributed by atoms with van der Waals surface area (Å²) in [6, 6.07) is 0. The standard InChI is InChI=1S/C15H22ClN3O/c1-3-8-17-15-18-9-13(16)14(19-15)20-10-12-7-5-4-6-11(12)2/h4-5,9,11-12H,3,6-8,10H2,1-2H3,(H,17,18,19). The van der Waals surface area contributed by atoms with Crippen LogP contribution in [0, 0.1) is 11.8 Å². The Morgan fingerprint density at radius 2 is 2.20 bits per heavy atom. The zero-order valence-corrected chi connectivity index (χ0v) is 12.9. The van der Waals surface area contributed by atoms with Gasteiger partial charge in [-0.25, -0.2) is 4.98 Å². The molecule has 1 aromatic heterocycles. The van der Waals surface area contributed by atoms with E-state index in [1.54, 1.807) is 6.20 Å². The molecule has 1 heterocycles. The van der Waals surface area contributed by atoms with Crippen LogP contribution in [0.5, 0.6) is 5.88 Å². The zero-order valence-electron chi connectivity index (χ0n) is 12.1. The van der Waals surface area contributed by atoms with E-state index in [1.165, 1.54) is 0 Å². The normalized spacial score (nSPS) is 21.8. The van der Waals surface area contributed by atoms with Crippen LogP contribution in [-0.4, -0.2) is 23.1 Å². The number of ether oxygens (including phenoxy) is 1. The number of aromatic nitrogens is 2. The van der Waals surface area contributed by atoms with Crippen molar-refractivity contribution in [3.8, 4) is 5.88 Å². The Labute approximate surface area is 125 Å². The van der Waals surface area contributed by atoms with Crippen LogP contribution in [0.3, 0.4) is 0 Å². The zero-order chi connectivity index (χ0) is 14.4. The maximum Gasteiger partial charge on any atom is 0.237 e. The van der Waals surface area contributed by atoms with Gasteiger partial charge in [-0.2, -0.15) is 4.98 Å². The first-order valence-corrected chi connectivity index (χ1v) is 7.62. The molecule has 5 heteroatoms. The summed E-state index contributed by atoms with van der Waals surface area (Å²) < 4.78 is 5.81. The van der Waals surface area contributed by atoms with Gasteiger partial charge in [-0.3, -0.25) is 0 Å². The molecule has 0 amide bonds. The van der Waals surface area contributed by atoms with Crippen LogP contribution in [0.2, 0.25) is 5.02 Å². The number of anilines is 1. The number of nitrogens with one attached hydrogen (secondary N) is 1. The monoisotopic (exact) mass is 295 g/mol. The van der Waals surface area contributed by atoms with Crippen LogP contribution >= 0.6 is 11.6 Å². The first kappa shape index (κ1) is 15.1. The number of rotatable bonds is 6. The van der Waals surface area contributed by atoms with Crippen molar-refractivity contribution in [2.45, 2.75) is 33.1 Å². The quantitative estimate of drug-likeness (QED) is 0.808. The summed E-state index contributed by atoms with van der Waals surface area (Å²) in [6.07, 6.45) is 9.26. The summed E-state index contributed by atoms with van der Waals surface area (Å²) in [6.45, 7) is 5.84. The maximum absolute atomic E-state index is 6.09. The minimum Gasteiger partial charge on any atom is -0.476 e. The van der Waals surface area contributed by atoms with Gasteiger partial charge in [0, 0.05) is 6.54 Å². The number of hydrogen-bond acceptors (Lipinski definition) is 4. The second kappa shape index (κ2) is 7.48. The van der Waals surface area contributed by atoms with Crippen LogP contribution in [0.1, 0.15) is 33.1 Å². The van der Waals surface area contributed by atoms with E-state index in [2.05, 4.69) is 41.3 Å². The number of halogens is 1. The highest BCUT2D eigenvalue weighted by Gasteiger charge is 2.19. The Kier molecular flexibility index (Phi) is 5.65. The lowest BCUT2D eigenvalue weighted by atomic mass is 9.85. The van der Waals surface area contributed by atoms with Crippen LogP contribution in [0.15, 0.2) is 18.3 Å². The number of hydrogen-bond donors (Lipinski definition) is 1. The number of allylic oxidation sites excluding steroid dienone is 2. The highest BCUT2D eigenvalue weighted by molar-refractivity contribution is 6.31.